The van der Waals surface area contributed by atoms with Crippen LogP contribution < -0.4 is 5.32 Å². The summed E-state index contributed by atoms with van der Waals surface area (Å²) in [5.74, 6) is 0.0769. The van der Waals surface area contributed by atoms with Gasteiger partial charge in [0.2, 0.25) is 0 Å². The lowest BCUT2D eigenvalue weighted by Gasteiger charge is -2.32. The molecule has 2 aliphatic rings. The Labute approximate surface area is 108 Å². The van der Waals surface area contributed by atoms with Gasteiger partial charge in [0.05, 0.1) is 0 Å². The van der Waals surface area contributed by atoms with E-state index < -0.39 is 0 Å². The molecule has 3 nitrogen and oxygen atoms in total. The van der Waals surface area contributed by atoms with Gasteiger partial charge in [0.1, 0.15) is 0 Å². The monoisotopic (exact) mass is 244 g/mol. The third-order valence-corrected chi connectivity index (χ3v) is 4.21. The molecule has 0 bridgehead atoms. The smallest absolute Gasteiger partial charge is 0.251 e. The number of hydrogen-bond donors (Lipinski definition) is 1. The Balaban J connectivity index is 1.65. The number of nitrogens with zero attached hydrogens (tertiary/aromatic N) is 1. The first-order chi connectivity index (χ1) is 8.84. The van der Waals surface area contributed by atoms with E-state index in [1.807, 2.05) is 30.3 Å². The summed E-state index contributed by atoms with van der Waals surface area (Å²) in [4.78, 5) is 14.7. The van der Waals surface area contributed by atoms with Gasteiger partial charge in [-0.25, -0.2) is 0 Å². The van der Waals surface area contributed by atoms with Crippen molar-refractivity contribution in [3.63, 3.8) is 0 Å². The second kappa shape index (κ2) is 5.11. The van der Waals surface area contributed by atoms with Crippen LogP contribution in [0.3, 0.4) is 0 Å². The molecule has 2 heterocycles. The summed E-state index contributed by atoms with van der Waals surface area (Å²) in [5, 5.41) is 3.21. The molecule has 3 heteroatoms. The van der Waals surface area contributed by atoms with E-state index in [1.165, 1.54) is 25.8 Å². The molecule has 96 valence electrons. The van der Waals surface area contributed by atoms with Gasteiger partial charge in [-0.1, -0.05) is 24.6 Å². The van der Waals surface area contributed by atoms with Crippen molar-refractivity contribution in [3.8, 4) is 0 Å². The maximum absolute atomic E-state index is 12.1. The highest BCUT2D eigenvalue weighted by Crippen LogP contribution is 2.27. The number of amides is 1. The van der Waals surface area contributed by atoms with E-state index in [9.17, 15) is 4.79 Å². The SMILES string of the molecule is O=C(N[C@@H]1CCN2CCCC[C@H]12)c1ccccc1. The number of fused-ring (bicyclic) bond motifs is 1. The highest BCUT2D eigenvalue weighted by Gasteiger charge is 2.36. The predicted octanol–water partition coefficient (Wildman–Crippen LogP) is 2.04. The van der Waals surface area contributed by atoms with Crippen LogP contribution in [0.15, 0.2) is 30.3 Å². The first-order valence-corrected chi connectivity index (χ1v) is 6.94. The van der Waals surface area contributed by atoms with Gasteiger partial charge in [-0.05, 0) is 37.9 Å². The Hall–Kier alpha value is -1.35. The molecule has 2 atom stereocenters. The molecule has 1 aromatic rings. The van der Waals surface area contributed by atoms with Gasteiger partial charge in [0.25, 0.3) is 5.91 Å². The van der Waals surface area contributed by atoms with E-state index >= 15 is 0 Å². The van der Waals surface area contributed by atoms with Crippen LogP contribution in [0.5, 0.6) is 0 Å². The number of nitrogens with one attached hydrogen (secondary N) is 1. The molecule has 2 fully saturated rings. The van der Waals surface area contributed by atoms with E-state index in [0.29, 0.717) is 12.1 Å². The number of carbonyl (C=O) groups excluding carboxylic acids is 1. The standard InChI is InChI=1S/C15H20N2O/c18-15(12-6-2-1-3-7-12)16-13-9-11-17-10-5-4-8-14(13)17/h1-3,6-7,13-14H,4-5,8-11H2,(H,16,18)/t13-,14-/m1/s1. The van der Waals surface area contributed by atoms with E-state index in [-0.39, 0.29) is 5.91 Å². The zero-order chi connectivity index (χ0) is 12.4. The lowest BCUT2D eigenvalue weighted by Crippen LogP contribution is -2.46. The van der Waals surface area contributed by atoms with Gasteiger partial charge in [-0.15, -0.1) is 0 Å². The minimum Gasteiger partial charge on any atom is -0.348 e. The minimum absolute atomic E-state index is 0.0769. The molecule has 0 radical (unpaired) electrons. The van der Waals surface area contributed by atoms with Crippen LogP contribution in [-0.2, 0) is 0 Å². The van der Waals surface area contributed by atoms with Crippen LogP contribution in [-0.4, -0.2) is 36.0 Å². The van der Waals surface area contributed by atoms with Crippen molar-refractivity contribution in [2.75, 3.05) is 13.1 Å². The summed E-state index contributed by atoms with van der Waals surface area (Å²) in [7, 11) is 0. The van der Waals surface area contributed by atoms with E-state index in [0.717, 1.165) is 18.5 Å². The zero-order valence-electron chi connectivity index (χ0n) is 10.6. The van der Waals surface area contributed by atoms with Crippen molar-refractivity contribution in [2.45, 2.75) is 37.8 Å². The summed E-state index contributed by atoms with van der Waals surface area (Å²) in [5.41, 5.74) is 0.770. The van der Waals surface area contributed by atoms with Crippen LogP contribution in [0, 0.1) is 0 Å². The predicted molar refractivity (Wildman–Crippen MR) is 71.5 cm³/mol. The molecule has 1 amide bonds. The Morgan fingerprint density at radius 2 is 1.94 bits per heavy atom. The van der Waals surface area contributed by atoms with Gasteiger partial charge >= 0.3 is 0 Å². The van der Waals surface area contributed by atoms with Gasteiger partial charge in [-0.3, -0.25) is 9.69 Å². The summed E-state index contributed by atoms with van der Waals surface area (Å²) >= 11 is 0. The fraction of sp³-hybridized carbons (Fsp3) is 0.533. The second-order valence-corrected chi connectivity index (χ2v) is 5.33. The molecule has 0 aromatic heterocycles. The summed E-state index contributed by atoms with van der Waals surface area (Å²) in [6, 6.07) is 10.4. The van der Waals surface area contributed by atoms with Gasteiger partial charge in [-0.2, -0.15) is 0 Å². The lowest BCUT2D eigenvalue weighted by molar-refractivity contribution is 0.0915. The lowest BCUT2D eigenvalue weighted by atomic mass is 9.99. The minimum atomic E-state index is 0.0769. The molecule has 1 aromatic carbocycles. The van der Waals surface area contributed by atoms with Crippen LogP contribution in [0.4, 0.5) is 0 Å². The molecule has 2 saturated heterocycles. The molecular formula is C15H20N2O. The molecule has 2 aliphatic heterocycles. The highest BCUT2D eigenvalue weighted by molar-refractivity contribution is 5.94. The fourth-order valence-electron chi connectivity index (χ4n) is 3.26. The average molecular weight is 244 g/mol. The highest BCUT2D eigenvalue weighted by atomic mass is 16.1. The summed E-state index contributed by atoms with van der Waals surface area (Å²) in [6.45, 7) is 2.35. The van der Waals surface area contributed by atoms with Crippen LogP contribution in [0.2, 0.25) is 0 Å². The topological polar surface area (TPSA) is 32.3 Å². The summed E-state index contributed by atoms with van der Waals surface area (Å²) < 4.78 is 0. The van der Waals surface area contributed by atoms with Crippen LogP contribution in [0.1, 0.15) is 36.0 Å². The Morgan fingerprint density at radius 1 is 1.11 bits per heavy atom. The Morgan fingerprint density at radius 3 is 2.78 bits per heavy atom. The molecule has 0 aliphatic carbocycles. The van der Waals surface area contributed by atoms with Crippen LogP contribution in [0.25, 0.3) is 0 Å². The maximum Gasteiger partial charge on any atom is 0.251 e. The molecule has 0 spiro atoms. The van der Waals surface area contributed by atoms with Gasteiger partial charge in [0.15, 0.2) is 0 Å². The third kappa shape index (κ3) is 2.27. The fourth-order valence-corrected chi connectivity index (χ4v) is 3.26. The quantitative estimate of drug-likeness (QED) is 0.863. The zero-order valence-corrected chi connectivity index (χ0v) is 10.6. The van der Waals surface area contributed by atoms with Gasteiger partial charge in [0, 0.05) is 24.2 Å². The Bertz CT molecular complexity index is 418. The van der Waals surface area contributed by atoms with Crippen molar-refractivity contribution in [1.82, 2.24) is 10.2 Å². The maximum atomic E-state index is 12.1. The normalized spacial score (nSPS) is 27.8. The number of piperidine rings is 1. The molecule has 1 N–H and O–H groups in total. The van der Waals surface area contributed by atoms with Gasteiger partial charge < -0.3 is 5.32 Å². The second-order valence-electron chi connectivity index (χ2n) is 5.33. The van der Waals surface area contributed by atoms with E-state index in [1.54, 1.807) is 0 Å². The van der Waals surface area contributed by atoms with E-state index in [4.69, 9.17) is 0 Å². The number of rotatable bonds is 2. The van der Waals surface area contributed by atoms with E-state index in [2.05, 4.69) is 10.2 Å². The number of hydrogen-bond acceptors (Lipinski definition) is 2. The molecule has 0 saturated carbocycles. The summed E-state index contributed by atoms with van der Waals surface area (Å²) in [6.07, 6.45) is 4.96. The average Bonchev–Trinajstić information content (AvgIpc) is 2.83. The Kier molecular flexibility index (Phi) is 3.33. The van der Waals surface area contributed by atoms with Crippen LogP contribution >= 0.6 is 0 Å². The number of benzene rings is 1. The molecule has 0 unspecified atom stereocenters. The third-order valence-electron chi connectivity index (χ3n) is 4.21. The van der Waals surface area contributed by atoms with Crippen molar-refractivity contribution < 1.29 is 4.79 Å². The van der Waals surface area contributed by atoms with Crippen molar-refractivity contribution >= 4 is 5.91 Å². The largest absolute Gasteiger partial charge is 0.348 e. The molecule has 18 heavy (non-hydrogen) atoms. The van der Waals surface area contributed by atoms with Crippen molar-refractivity contribution in [1.29, 1.82) is 0 Å². The molecular weight excluding hydrogens is 224 g/mol. The first kappa shape index (κ1) is 11.7. The van der Waals surface area contributed by atoms with Crippen molar-refractivity contribution in [3.05, 3.63) is 35.9 Å². The van der Waals surface area contributed by atoms with Crippen molar-refractivity contribution in [2.24, 2.45) is 0 Å². The number of carbonyl (C=O) groups is 1. The molecule has 3 rings (SSSR count). The first-order valence-electron chi connectivity index (χ1n) is 6.94.